The minimum Gasteiger partial charge on any atom is -0.467 e. The Labute approximate surface area is 229 Å². The van der Waals surface area contributed by atoms with Gasteiger partial charge in [0.1, 0.15) is 11.3 Å². The zero-order chi connectivity index (χ0) is 26.6. The van der Waals surface area contributed by atoms with Gasteiger partial charge < -0.3 is 14.4 Å². The fourth-order valence-electron chi connectivity index (χ4n) is 4.12. The monoisotopic (exact) mass is 550 g/mol. The molecule has 2 saturated heterocycles. The van der Waals surface area contributed by atoms with E-state index in [-0.39, 0.29) is 22.7 Å². The Morgan fingerprint density at radius 3 is 2.47 bits per heavy atom. The normalized spacial score (nSPS) is 17.0. The summed E-state index contributed by atoms with van der Waals surface area (Å²) in [7, 11) is 1.48. The molecule has 2 aliphatic heterocycles. The lowest BCUT2D eigenvalue weighted by Gasteiger charge is -2.29. The number of rotatable bonds is 6. The van der Waals surface area contributed by atoms with Crippen LogP contribution in [0.3, 0.4) is 0 Å². The van der Waals surface area contributed by atoms with Crippen LogP contribution in [-0.2, 0) is 9.59 Å². The summed E-state index contributed by atoms with van der Waals surface area (Å²) in [4.78, 5) is 42.3. The number of anilines is 2. The number of aromatic nitrogens is 3. The number of methoxy groups -OCH3 is 1. The molecular weight excluding hydrogens is 528 g/mol. The van der Waals surface area contributed by atoms with Crippen molar-refractivity contribution < 1.29 is 19.1 Å². The highest BCUT2D eigenvalue weighted by atomic mass is 35.5. The number of carbonyl (C=O) groups excluding carboxylic acids is 2. The van der Waals surface area contributed by atoms with Crippen molar-refractivity contribution in [2.45, 2.75) is 19.3 Å². The van der Waals surface area contributed by atoms with E-state index in [4.69, 9.17) is 33.3 Å². The number of thiocarbonyl (C=S) groups is 1. The Bertz CT molecular complexity index is 1430. The molecular formula is C26H23ClN6O4S. The molecule has 0 saturated carbocycles. The van der Waals surface area contributed by atoms with Crippen LogP contribution in [0.4, 0.5) is 11.6 Å². The van der Waals surface area contributed by atoms with Gasteiger partial charge in [-0.15, -0.1) is 4.98 Å². The van der Waals surface area contributed by atoms with Crippen molar-refractivity contribution in [1.82, 2.24) is 20.3 Å². The number of hydrogen-bond donors (Lipinski definition) is 1. The molecule has 10 nitrogen and oxygen atoms in total. The van der Waals surface area contributed by atoms with Crippen molar-refractivity contribution in [1.29, 1.82) is 0 Å². The fourth-order valence-corrected chi connectivity index (χ4v) is 4.53. The SMILES string of the molecule is COc1nc(Oc2cccc(C=C3C(=O)NC(=S)N(c4ccc(Cl)cc4)C3=O)c2)nc(N2CCCCC2)n1. The van der Waals surface area contributed by atoms with Crippen LogP contribution in [0.15, 0.2) is 54.1 Å². The Morgan fingerprint density at radius 2 is 1.74 bits per heavy atom. The molecule has 0 bridgehead atoms. The highest BCUT2D eigenvalue weighted by Gasteiger charge is 2.34. The number of piperidine rings is 1. The highest BCUT2D eigenvalue weighted by molar-refractivity contribution is 7.80. The van der Waals surface area contributed by atoms with Crippen LogP contribution >= 0.6 is 23.8 Å². The molecule has 2 aliphatic rings. The summed E-state index contributed by atoms with van der Waals surface area (Å²) in [5.41, 5.74) is 0.961. The van der Waals surface area contributed by atoms with Crippen LogP contribution in [-0.4, -0.2) is 52.1 Å². The second-order valence-corrected chi connectivity index (χ2v) is 9.38. The molecule has 12 heteroatoms. The van der Waals surface area contributed by atoms with Gasteiger partial charge in [0.15, 0.2) is 5.11 Å². The van der Waals surface area contributed by atoms with Gasteiger partial charge in [-0.05, 0) is 79.5 Å². The lowest BCUT2D eigenvalue weighted by molar-refractivity contribution is -0.122. The van der Waals surface area contributed by atoms with E-state index in [0.717, 1.165) is 25.9 Å². The Balaban J connectivity index is 1.40. The van der Waals surface area contributed by atoms with Crippen molar-refractivity contribution in [2.75, 3.05) is 30.0 Å². The second kappa shape index (κ2) is 11.1. The van der Waals surface area contributed by atoms with Gasteiger partial charge in [0, 0.05) is 18.1 Å². The average Bonchev–Trinajstić information content (AvgIpc) is 2.92. The predicted molar refractivity (Wildman–Crippen MR) is 147 cm³/mol. The van der Waals surface area contributed by atoms with Crippen molar-refractivity contribution in [2.24, 2.45) is 0 Å². The minimum absolute atomic E-state index is 0.00940. The van der Waals surface area contributed by atoms with Crippen LogP contribution < -0.4 is 24.6 Å². The molecule has 2 amide bonds. The predicted octanol–water partition coefficient (Wildman–Crippen LogP) is 4.15. The number of ether oxygens (including phenoxy) is 2. The molecule has 0 radical (unpaired) electrons. The maximum absolute atomic E-state index is 13.3. The molecule has 3 aromatic rings. The molecule has 1 aromatic heterocycles. The molecule has 2 fully saturated rings. The van der Waals surface area contributed by atoms with E-state index in [1.807, 2.05) is 0 Å². The third kappa shape index (κ3) is 5.58. The molecule has 194 valence electrons. The maximum atomic E-state index is 13.3. The average molecular weight is 551 g/mol. The van der Waals surface area contributed by atoms with Gasteiger partial charge in [0.05, 0.1) is 12.8 Å². The van der Waals surface area contributed by atoms with E-state index in [1.165, 1.54) is 24.5 Å². The largest absolute Gasteiger partial charge is 0.467 e. The molecule has 0 spiro atoms. The van der Waals surface area contributed by atoms with Gasteiger partial charge in [0.25, 0.3) is 11.8 Å². The van der Waals surface area contributed by atoms with Gasteiger partial charge in [-0.1, -0.05) is 23.7 Å². The molecule has 0 unspecified atom stereocenters. The van der Waals surface area contributed by atoms with E-state index in [9.17, 15) is 9.59 Å². The summed E-state index contributed by atoms with van der Waals surface area (Å²) in [5, 5.41) is 3.07. The number of nitrogens with zero attached hydrogens (tertiary/aromatic N) is 5. The van der Waals surface area contributed by atoms with Crippen LogP contribution in [0.5, 0.6) is 17.8 Å². The van der Waals surface area contributed by atoms with Crippen LogP contribution in [0.2, 0.25) is 5.02 Å². The van der Waals surface area contributed by atoms with Gasteiger partial charge in [-0.3, -0.25) is 19.8 Å². The van der Waals surface area contributed by atoms with Crippen molar-refractivity contribution in [3.63, 3.8) is 0 Å². The zero-order valence-electron chi connectivity index (χ0n) is 20.4. The molecule has 3 heterocycles. The zero-order valence-corrected chi connectivity index (χ0v) is 22.0. The number of hydrogen-bond acceptors (Lipinski definition) is 9. The van der Waals surface area contributed by atoms with Crippen molar-refractivity contribution in [3.8, 4) is 17.8 Å². The standard InChI is InChI=1S/C26H23ClN6O4S/c1-36-24-29-23(32-12-3-2-4-13-32)30-25(31-24)37-19-7-5-6-16(14-19)15-20-21(34)28-26(38)33(22(20)35)18-10-8-17(27)9-11-18/h5-11,14-15H,2-4,12-13H2,1H3,(H,28,34,38). The van der Waals surface area contributed by atoms with Crippen LogP contribution in [0.25, 0.3) is 6.08 Å². The molecule has 2 aromatic carbocycles. The third-order valence-electron chi connectivity index (χ3n) is 5.97. The summed E-state index contributed by atoms with van der Waals surface area (Å²) in [5.74, 6) is -0.246. The second-order valence-electron chi connectivity index (χ2n) is 8.56. The number of amides is 2. The van der Waals surface area contributed by atoms with E-state index < -0.39 is 11.8 Å². The molecule has 0 atom stereocenters. The number of benzene rings is 2. The first-order valence-corrected chi connectivity index (χ1v) is 12.7. The highest BCUT2D eigenvalue weighted by Crippen LogP contribution is 2.27. The maximum Gasteiger partial charge on any atom is 0.330 e. The van der Waals surface area contributed by atoms with Gasteiger partial charge >= 0.3 is 12.0 Å². The number of carbonyl (C=O) groups is 2. The smallest absolute Gasteiger partial charge is 0.330 e. The minimum atomic E-state index is -0.593. The fraction of sp³-hybridized carbons (Fsp3) is 0.231. The van der Waals surface area contributed by atoms with Crippen LogP contribution in [0.1, 0.15) is 24.8 Å². The third-order valence-corrected chi connectivity index (χ3v) is 6.51. The molecule has 0 aliphatic carbocycles. The molecule has 5 rings (SSSR count). The summed E-state index contributed by atoms with van der Waals surface area (Å²) in [6.07, 6.45) is 4.78. The number of halogens is 1. The van der Waals surface area contributed by atoms with E-state index >= 15 is 0 Å². The van der Waals surface area contributed by atoms with E-state index in [2.05, 4.69) is 25.2 Å². The first kappa shape index (κ1) is 25.6. The summed E-state index contributed by atoms with van der Waals surface area (Å²) in [6.45, 7) is 1.70. The Morgan fingerprint density at radius 1 is 1.00 bits per heavy atom. The topological polar surface area (TPSA) is 110 Å². The van der Waals surface area contributed by atoms with Crippen molar-refractivity contribution >= 4 is 58.5 Å². The number of nitrogens with one attached hydrogen (secondary N) is 1. The van der Waals surface area contributed by atoms with Gasteiger partial charge in [-0.2, -0.15) is 9.97 Å². The first-order chi connectivity index (χ1) is 18.4. The summed E-state index contributed by atoms with van der Waals surface area (Å²) < 4.78 is 11.2. The summed E-state index contributed by atoms with van der Waals surface area (Å²) >= 11 is 11.2. The quantitative estimate of drug-likeness (QED) is 0.275. The lowest BCUT2D eigenvalue weighted by Crippen LogP contribution is -2.54. The van der Waals surface area contributed by atoms with Gasteiger partial charge in [0.2, 0.25) is 5.95 Å². The van der Waals surface area contributed by atoms with Gasteiger partial charge in [-0.25, -0.2) is 0 Å². The first-order valence-electron chi connectivity index (χ1n) is 11.9. The Kier molecular flexibility index (Phi) is 7.47. The molecule has 1 N–H and O–H groups in total. The lowest BCUT2D eigenvalue weighted by atomic mass is 10.1. The van der Waals surface area contributed by atoms with Crippen LogP contribution in [0, 0.1) is 0 Å². The van der Waals surface area contributed by atoms with E-state index in [1.54, 1.807) is 48.5 Å². The molecule has 38 heavy (non-hydrogen) atoms. The van der Waals surface area contributed by atoms with E-state index in [0.29, 0.717) is 28.0 Å². The Hall–Kier alpha value is -4.09. The van der Waals surface area contributed by atoms with Crippen molar-refractivity contribution in [3.05, 3.63) is 64.7 Å². The summed E-state index contributed by atoms with van der Waals surface area (Å²) in [6, 6.07) is 13.7.